The molecule has 0 aliphatic carbocycles. The molecule has 0 spiro atoms. The minimum absolute atomic E-state index is 0.206. The van der Waals surface area contributed by atoms with Gasteiger partial charge in [-0.05, 0) is 36.2 Å². The number of methoxy groups -OCH3 is 1. The number of nitrogens with zero attached hydrogens (tertiary/aromatic N) is 3. The number of hydrogen-bond donors (Lipinski definition) is 0. The van der Waals surface area contributed by atoms with Crippen LogP contribution in [0.25, 0.3) is 0 Å². The second kappa shape index (κ2) is 6.24. The molecule has 0 radical (unpaired) electrons. The zero-order chi connectivity index (χ0) is 16.5. The minimum atomic E-state index is 0.206. The summed E-state index contributed by atoms with van der Waals surface area (Å²) in [5, 5.41) is 0. The van der Waals surface area contributed by atoms with E-state index in [1.165, 1.54) is 5.56 Å². The fourth-order valence-corrected chi connectivity index (χ4v) is 3.92. The Morgan fingerprint density at radius 2 is 2.04 bits per heavy atom. The number of ether oxygens (including phenoxy) is 1. The molecule has 0 bridgehead atoms. The molecule has 0 unspecified atom stereocenters. The Balaban J connectivity index is 1.50. The molecule has 2 atom stereocenters. The van der Waals surface area contributed by atoms with Crippen LogP contribution in [0.2, 0.25) is 0 Å². The lowest BCUT2D eigenvalue weighted by atomic mass is 10.1. The predicted molar refractivity (Wildman–Crippen MR) is 91.9 cm³/mol. The minimum Gasteiger partial charge on any atom is -0.497 e. The highest BCUT2D eigenvalue weighted by Crippen LogP contribution is 2.36. The van der Waals surface area contributed by atoms with Crippen LogP contribution in [0.4, 0.5) is 5.69 Å². The molecule has 3 heterocycles. The molecular formula is C19H21N3O2. The molecule has 2 fully saturated rings. The van der Waals surface area contributed by atoms with E-state index < -0.39 is 0 Å². The summed E-state index contributed by atoms with van der Waals surface area (Å²) in [5.41, 5.74) is 2.17. The molecule has 1 aromatic carbocycles. The summed E-state index contributed by atoms with van der Waals surface area (Å²) in [4.78, 5) is 21.1. The van der Waals surface area contributed by atoms with Crippen LogP contribution >= 0.6 is 0 Å². The van der Waals surface area contributed by atoms with Crippen LogP contribution in [0.5, 0.6) is 5.75 Å². The van der Waals surface area contributed by atoms with Crippen LogP contribution in [0.1, 0.15) is 18.4 Å². The van der Waals surface area contributed by atoms with Gasteiger partial charge in [0.2, 0.25) is 5.91 Å². The number of anilines is 1. The van der Waals surface area contributed by atoms with Crippen molar-refractivity contribution in [3.05, 3.63) is 54.4 Å². The van der Waals surface area contributed by atoms with Gasteiger partial charge in [-0.25, -0.2) is 0 Å². The van der Waals surface area contributed by atoms with Gasteiger partial charge in [-0.2, -0.15) is 0 Å². The predicted octanol–water partition coefficient (Wildman–Crippen LogP) is 2.47. The lowest BCUT2D eigenvalue weighted by Gasteiger charge is -2.25. The van der Waals surface area contributed by atoms with E-state index in [9.17, 15) is 4.79 Å². The van der Waals surface area contributed by atoms with Gasteiger partial charge in [-0.3, -0.25) is 14.7 Å². The Hall–Kier alpha value is -2.40. The first kappa shape index (κ1) is 15.1. The van der Waals surface area contributed by atoms with Crippen molar-refractivity contribution in [2.75, 3.05) is 18.6 Å². The van der Waals surface area contributed by atoms with E-state index in [2.05, 4.69) is 22.0 Å². The highest BCUT2D eigenvalue weighted by atomic mass is 16.5. The molecule has 1 aromatic heterocycles. The summed E-state index contributed by atoms with van der Waals surface area (Å²) in [6, 6.07) is 12.6. The van der Waals surface area contributed by atoms with Crippen LogP contribution in [-0.4, -0.2) is 41.5 Å². The van der Waals surface area contributed by atoms with Crippen molar-refractivity contribution in [2.24, 2.45) is 0 Å². The molecule has 0 saturated carbocycles. The van der Waals surface area contributed by atoms with Crippen LogP contribution in [-0.2, 0) is 11.3 Å². The molecule has 124 valence electrons. The summed E-state index contributed by atoms with van der Waals surface area (Å²) >= 11 is 0. The number of benzene rings is 1. The topological polar surface area (TPSA) is 45.7 Å². The van der Waals surface area contributed by atoms with Gasteiger partial charge in [0.1, 0.15) is 5.75 Å². The molecular weight excluding hydrogens is 302 g/mol. The standard InChI is InChI=1S/C19H21N3O2/c1-24-16-6-4-14(5-7-16)13-21-10-8-17-18(21)11-19(23)22(17)15-3-2-9-20-12-15/h2-7,9,12,17-18H,8,10-11,13H2,1H3/t17-,18+/m1/s1. The molecule has 24 heavy (non-hydrogen) atoms. The van der Waals surface area contributed by atoms with Crippen molar-refractivity contribution in [3.8, 4) is 5.75 Å². The van der Waals surface area contributed by atoms with Gasteiger partial charge in [0.25, 0.3) is 0 Å². The lowest BCUT2D eigenvalue weighted by Crippen LogP contribution is -2.37. The van der Waals surface area contributed by atoms with Crippen molar-refractivity contribution in [3.63, 3.8) is 0 Å². The molecule has 1 amide bonds. The normalized spacial score (nSPS) is 23.5. The number of pyridine rings is 1. The molecule has 5 heteroatoms. The maximum atomic E-state index is 12.5. The van der Waals surface area contributed by atoms with Gasteiger partial charge in [0.05, 0.1) is 25.0 Å². The first-order valence-electron chi connectivity index (χ1n) is 8.35. The van der Waals surface area contributed by atoms with Crippen molar-refractivity contribution in [1.29, 1.82) is 0 Å². The molecule has 4 rings (SSSR count). The summed E-state index contributed by atoms with van der Waals surface area (Å²) in [6.45, 7) is 1.89. The quantitative estimate of drug-likeness (QED) is 0.867. The largest absolute Gasteiger partial charge is 0.497 e. The van der Waals surface area contributed by atoms with Crippen molar-refractivity contribution >= 4 is 11.6 Å². The van der Waals surface area contributed by atoms with Crippen molar-refractivity contribution in [1.82, 2.24) is 9.88 Å². The van der Waals surface area contributed by atoms with Crippen LogP contribution in [0, 0.1) is 0 Å². The first-order valence-corrected chi connectivity index (χ1v) is 8.35. The maximum absolute atomic E-state index is 12.5. The zero-order valence-electron chi connectivity index (χ0n) is 13.8. The third-order valence-electron chi connectivity index (χ3n) is 5.08. The summed E-state index contributed by atoms with van der Waals surface area (Å²) in [7, 11) is 1.68. The van der Waals surface area contributed by atoms with Crippen LogP contribution in [0.3, 0.4) is 0 Å². The highest BCUT2D eigenvalue weighted by Gasteiger charge is 2.47. The number of aromatic nitrogens is 1. The highest BCUT2D eigenvalue weighted by molar-refractivity contribution is 5.97. The van der Waals surface area contributed by atoms with E-state index in [1.807, 2.05) is 29.2 Å². The molecule has 2 aliphatic rings. The number of amides is 1. The molecule has 2 aliphatic heterocycles. The van der Waals surface area contributed by atoms with Gasteiger partial charge in [0, 0.05) is 31.7 Å². The Kier molecular flexibility index (Phi) is 3.94. The van der Waals surface area contributed by atoms with Crippen molar-refractivity contribution < 1.29 is 9.53 Å². The van der Waals surface area contributed by atoms with E-state index in [-0.39, 0.29) is 11.9 Å². The molecule has 2 saturated heterocycles. The van der Waals surface area contributed by atoms with Gasteiger partial charge in [-0.1, -0.05) is 12.1 Å². The fraction of sp³-hybridized carbons (Fsp3) is 0.368. The van der Waals surface area contributed by atoms with Gasteiger partial charge < -0.3 is 9.64 Å². The van der Waals surface area contributed by atoms with E-state index >= 15 is 0 Å². The van der Waals surface area contributed by atoms with E-state index in [0.717, 1.165) is 30.9 Å². The number of carbonyl (C=O) groups excluding carboxylic acids is 1. The van der Waals surface area contributed by atoms with Gasteiger partial charge in [-0.15, -0.1) is 0 Å². The lowest BCUT2D eigenvalue weighted by molar-refractivity contribution is -0.117. The first-order chi connectivity index (χ1) is 11.8. The fourth-order valence-electron chi connectivity index (χ4n) is 3.92. The number of rotatable bonds is 4. The molecule has 2 aromatic rings. The van der Waals surface area contributed by atoms with Crippen molar-refractivity contribution in [2.45, 2.75) is 31.5 Å². The Morgan fingerprint density at radius 3 is 2.75 bits per heavy atom. The average Bonchev–Trinajstić information content (AvgIpc) is 3.15. The van der Waals surface area contributed by atoms with E-state index in [4.69, 9.17) is 4.74 Å². The van der Waals surface area contributed by atoms with E-state index in [0.29, 0.717) is 12.5 Å². The summed E-state index contributed by atoms with van der Waals surface area (Å²) in [5.74, 6) is 1.08. The monoisotopic (exact) mass is 323 g/mol. The third-order valence-corrected chi connectivity index (χ3v) is 5.08. The third kappa shape index (κ3) is 2.65. The number of likely N-dealkylation sites (tertiary alicyclic amines) is 1. The molecule has 5 nitrogen and oxygen atoms in total. The summed E-state index contributed by atoms with van der Waals surface area (Å²) < 4.78 is 5.21. The Morgan fingerprint density at radius 1 is 1.21 bits per heavy atom. The number of hydrogen-bond acceptors (Lipinski definition) is 4. The SMILES string of the molecule is COc1ccc(CN2CC[C@@H]3[C@@H]2CC(=O)N3c2cccnc2)cc1. The number of carbonyl (C=O) groups is 1. The van der Waals surface area contributed by atoms with Crippen LogP contribution < -0.4 is 9.64 Å². The summed E-state index contributed by atoms with van der Waals surface area (Å²) in [6.07, 6.45) is 5.13. The Bertz CT molecular complexity index is 717. The van der Waals surface area contributed by atoms with E-state index in [1.54, 1.807) is 19.5 Å². The second-order valence-electron chi connectivity index (χ2n) is 6.42. The van der Waals surface area contributed by atoms with Gasteiger partial charge in [0.15, 0.2) is 0 Å². The Labute approximate surface area is 141 Å². The average molecular weight is 323 g/mol. The molecule has 0 N–H and O–H groups in total. The second-order valence-corrected chi connectivity index (χ2v) is 6.42. The maximum Gasteiger partial charge on any atom is 0.229 e. The smallest absolute Gasteiger partial charge is 0.229 e. The van der Waals surface area contributed by atoms with Crippen LogP contribution in [0.15, 0.2) is 48.8 Å². The van der Waals surface area contributed by atoms with Gasteiger partial charge >= 0.3 is 0 Å². The number of fused-ring (bicyclic) bond motifs is 1. The zero-order valence-corrected chi connectivity index (χ0v) is 13.8.